The predicted octanol–water partition coefficient (Wildman–Crippen LogP) is 3.75. The van der Waals surface area contributed by atoms with Gasteiger partial charge in [0.05, 0.1) is 24.5 Å². The van der Waals surface area contributed by atoms with Crippen LogP contribution in [-0.4, -0.2) is 46.6 Å². The lowest BCUT2D eigenvalue weighted by molar-refractivity contribution is -0.124. The van der Waals surface area contributed by atoms with Gasteiger partial charge >= 0.3 is 0 Å². The molecule has 7 nitrogen and oxygen atoms in total. The lowest BCUT2D eigenvalue weighted by Crippen LogP contribution is -2.39. The molecule has 0 bridgehead atoms. The van der Waals surface area contributed by atoms with E-state index in [-0.39, 0.29) is 24.9 Å². The summed E-state index contributed by atoms with van der Waals surface area (Å²) in [6.45, 7) is 6.61. The van der Waals surface area contributed by atoms with Crippen molar-refractivity contribution in [3.8, 4) is 5.69 Å². The first-order valence-electron chi connectivity index (χ1n) is 10.4. The summed E-state index contributed by atoms with van der Waals surface area (Å²) in [5.74, 6) is -0.469. The normalized spacial score (nSPS) is 10.9. The molecule has 2 aromatic carbocycles. The van der Waals surface area contributed by atoms with Crippen LogP contribution >= 0.6 is 15.9 Å². The Labute approximate surface area is 196 Å². The predicted molar refractivity (Wildman–Crippen MR) is 130 cm³/mol. The first-order chi connectivity index (χ1) is 15.2. The van der Waals surface area contributed by atoms with Crippen molar-refractivity contribution in [1.29, 1.82) is 0 Å². The molecular weight excluding hydrogens is 470 g/mol. The number of para-hydroxylation sites is 1. The molecule has 1 heterocycles. The van der Waals surface area contributed by atoms with E-state index in [2.05, 4.69) is 31.7 Å². The van der Waals surface area contributed by atoms with Gasteiger partial charge in [0.25, 0.3) is 0 Å². The summed E-state index contributed by atoms with van der Waals surface area (Å²) in [5, 5.41) is 10.2. The highest BCUT2D eigenvalue weighted by molar-refractivity contribution is 9.10. The third-order valence-corrected chi connectivity index (χ3v) is 5.69. The minimum Gasteiger partial charge on any atom is -0.346 e. The number of rotatable bonds is 8. The number of hydrogen-bond donors (Lipinski definition) is 2. The Morgan fingerprint density at radius 2 is 1.78 bits per heavy atom. The van der Waals surface area contributed by atoms with E-state index in [0.29, 0.717) is 6.54 Å². The summed E-state index contributed by atoms with van der Waals surface area (Å²) in [5.41, 5.74) is 5.75. The van der Waals surface area contributed by atoms with E-state index in [1.165, 1.54) is 0 Å². The number of carbonyl (C=O) groups is 2. The van der Waals surface area contributed by atoms with Crippen molar-refractivity contribution >= 4 is 33.4 Å². The highest BCUT2D eigenvalue weighted by Gasteiger charge is 2.16. The Morgan fingerprint density at radius 3 is 2.47 bits per heavy atom. The maximum atomic E-state index is 12.3. The third kappa shape index (κ3) is 6.05. The summed E-state index contributed by atoms with van der Waals surface area (Å²) in [6, 6.07) is 15.6. The first kappa shape index (κ1) is 23.7. The Bertz CT molecular complexity index is 1110. The van der Waals surface area contributed by atoms with Crippen molar-refractivity contribution < 1.29 is 9.59 Å². The number of anilines is 1. The van der Waals surface area contributed by atoms with Gasteiger partial charge in [-0.15, -0.1) is 0 Å². The summed E-state index contributed by atoms with van der Waals surface area (Å²) in [6.07, 6.45) is 0. The average Bonchev–Trinajstić information content (AvgIpc) is 3.03. The van der Waals surface area contributed by atoms with E-state index < -0.39 is 0 Å². The molecule has 0 radical (unpaired) electrons. The van der Waals surface area contributed by atoms with Gasteiger partial charge in [0, 0.05) is 28.0 Å². The molecule has 1 aromatic heterocycles. The lowest BCUT2D eigenvalue weighted by Gasteiger charge is -2.17. The molecule has 0 unspecified atom stereocenters. The number of halogens is 1. The van der Waals surface area contributed by atoms with Gasteiger partial charge in [-0.05, 0) is 63.7 Å². The molecule has 32 heavy (non-hydrogen) atoms. The molecule has 0 saturated carbocycles. The SMILES string of the molecule is Cc1cc(Br)ccc1NC(=O)CNC(=O)CN(C)Cc1c(C)nn(-c2ccccc2)c1C. The smallest absolute Gasteiger partial charge is 0.243 e. The largest absolute Gasteiger partial charge is 0.346 e. The Hall–Kier alpha value is -2.97. The Balaban J connectivity index is 1.52. The molecule has 0 aliphatic heterocycles. The summed E-state index contributed by atoms with van der Waals surface area (Å²) < 4.78 is 2.87. The van der Waals surface area contributed by atoms with Gasteiger partial charge in [0.1, 0.15) is 0 Å². The average molecular weight is 498 g/mol. The zero-order valence-corrected chi connectivity index (χ0v) is 20.4. The number of hydrogen-bond acceptors (Lipinski definition) is 4. The van der Waals surface area contributed by atoms with E-state index in [1.54, 1.807) is 0 Å². The van der Waals surface area contributed by atoms with Crippen LogP contribution in [0.3, 0.4) is 0 Å². The monoisotopic (exact) mass is 497 g/mol. The van der Waals surface area contributed by atoms with Gasteiger partial charge in [-0.25, -0.2) is 4.68 Å². The second-order valence-electron chi connectivity index (χ2n) is 7.85. The van der Waals surface area contributed by atoms with Crippen molar-refractivity contribution in [2.75, 3.05) is 25.5 Å². The van der Waals surface area contributed by atoms with Crippen LogP contribution in [0.5, 0.6) is 0 Å². The molecule has 0 aliphatic rings. The van der Waals surface area contributed by atoms with Gasteiger partial charge < -0.3 is 10.6 Å². The number of nitrogens with one attached hydrogen (secondary N) is 2. The van der Waals surface area contributed by atoms with Crippen molar-refractivity contribution in [3.05, 3.63) is 75.5 Å². The second-order valence-corrected chi connectivity index (χ2v) is 8.77. The molecule has 8 heteroatoms. The summed E-state index contributed by atoms with van der Waals surface area (Å²) in [4.78, 5) is 26.5. The van der Waals surface area contributed by atoms with Crippen LogP contribution in [0.4, 0.5) is 5.69 Å². The Morgan fingerprint density at radius 1 is 1.06 bits per heavy atom. The molecule has 0 fully saturated rings. The van der Waals surface area contributed by atoms with Gasteiger partial charge in [-0.2, -0.15) is 5.10 Å². The van der Waals surface area contributed by atoms with Gasteiger partial charge in [-0.1, -0.05) is 34.1 Å². The number of aromatic nitrogens is 2. The van der Waals surface area contributed by atoms with Crippen LogP contribution in [0.25, 0.3) is 5.69 Å². The van der Waals surface area contributed by atoms with Crippen LogP contribution in [0.1, 0.15) is 22.5 Å². The lowest BCUT2D eigenvalue weighted by atomic mass is 10.2. The highest BCUT2D eigenvalue weighted by Crippen LogP contribution is 2.20. The van der Waals surface area contributed by atoms with E-state index in [1.807, 2.05) is 85.9 Å². The van der Waals surface area contributed by atoms with Crippen molar-refractivity contribution in [1.82, 2.24) is 20.0 Å². The molecule has 2 N–H and O–H groups in total. The number of aryl methyl sites for hydroxylation is 2. The van der Waals surface area contributed by atoms with E-state index in [4.69, 9.17) is 0 Å². The quantitative estimate of drug-likeness (QED) is 0.496. The molecule has 168 valence electrons. The van der Waals surface area contributed by atoms with Crippen LogP contribution in [0.15, 0.2) is 53.0 Å². The van der Waals surface area contributed by atoms with Crippen LogP contribution in [-0.2, 0) is 16.1 Å². The molecule has 3 aromatic rings. The molecule has 0 spiro atoms. The van der Waals surface area contributed by atoms with Crippen molar-refractivity contribution in [2.45, 2.75) is 27.3 Å². The standard InChI is InChI=1S/C24H28BrN5O2/c1-16-12-19(25)10-11-22(16)27-23(31)13-26-24(32)15-29(4)14-21-17(2)28-30(18(21)3)20-8-6-5-7-9-20/h5-12H,13-15H2,1-4H3,(H,26,32)(H,27,31). The first-order valence-corrected chi connectivity index (χ1v) is 11.2. The fraction of sp³-hybridized carbons (Fsp3) is 0.292. The maximum Gasteiger partial charge on any atom is 0.243 e. The van der Waals surface area contributed by atoms with E-state index in [0.717, 1.165) is 38.4 Å². The van der Waals surface area contributed by atoms with Crippen LogP contribution in [0.2, 0.25) is 0 Å². The summed E-state index contributed by atoms with van der Waals surface area (Å²) in [7, 11) is 1.88. The molecule has 0 atom stereocenters. The topological polar surface area (TPSA) is 79.3 Å². The van der Waals surface area contributed by atoms with Gasteiger partial charge in [-0.3, -0.25) is 14.5 Å². The molecular formula is C24H28BrN5O2. The van der Waals surface area contributed by atoms with E-state index in [9.17, 15) is 9.59 Å². The van der Waals surface area contributed by atoms with Crippen molar-refractivity contribution in [3.63, 3.8) is 0 Å². The third-order valence-electron chi connectivity index (χ3n) is 5.19. The number of benzene rings is 2. The Kier molecular flexibility index (Phi) is 7.82. The highest BCUT2D eigenvalue weighted by atomic mass is 79.9. The zero-order valence-electron chi connectivity index (χ0n) is 18.8. The van der Waals surface area contributed by atoms with E-state index >= 15 is 0 Å². The maximum absolute atomic E-state index is 12.3. The fourth-order valence-electron chi connectivity index (χ4n) is 3.49. The molecule has 2 amide bonds. The second kappa shape index (κ2) is 10.6. The number of carbonyl (C=O) groups excluding carboxylic acids is 2. The minimum atomic E-state index is -0.262. The van der Waals surface area contributed by atoms with Crippen LogP contribution < -0.4 is 10.6 Å². The summed E-state index contributed by atoms with van der Waals surface area (Å²) >= 11 is 3.40. The fourth-order valence-corrected chi connectivity index (χ4v) is 3.97. The number of nitrogens with zero attached hydrogens (tertiary/aromatic N) is 3. The molecule has 0 saturated heterocycles. The molecule has 0 aliphatic carbocycles. The zero-order chi connectivity index (χ0) is 23.3. The van der Waals surface area contributed by atoms with Gasteiger partial charge in [0.15, 0.2) is 0 Å². The number of amides is 2. The minimum absolute atomic E-state index is 0.0772. The van der Waals surface area contributed by atoms with Crippen molar-refractivity contribution in [2.24, 2.45) is 0 Å². The van der Waals surface area contributed by atoms with Crippen LogP contribution in [0, 0.1) is 20.8 Å². The van der Waals surface area contributed by atoms with Gasteiger partial charge in [0.2, 0.25) is 11.8 Å². The number of likely N-dealkylation sites (N-methyl/N-ethyl adjacent to an activating group) is 1. The molecule has 3 rings (SSSR count).